The third-order valence-corrected chi connectivity index (χ3v) is 6.14. The lowest BCUT2D eigenvalue weighted by Gasteiger charge is -2.45. The van der Waals surface area contributed by atoms with E-state index in [-0.39, 0.29) is 17.5 Å². The number of nitrogens with zero attached hydrogens (tertiary/aromatic N) is 4. The minimum Gasteiger partial charge on any atom is -0.508 e. The van der Waals surface area contributed by atoms with Gasteiger partial charge in [-0.1, -0.05) is 31.2 Å². The molecule has 0 amide bonds. The first kappa shape index (κ1) is 19.7. The molecule has 7 heteroatoms. The molecule has 2 N–H and O–H groups in total. The van der Waals surface area contributed by atoms with E-state index in [1.807, 2.05) is 19.1 Å². The second kappa shape index (κ2) is 8.00. The zero-order valence-electron chi connectivity index (χ0n) is 17.1. The van der Waals surface area contributed by atoms with Crippen LogP contribution in [0.4, 0.5) is 0 Å². The van der Waals surface area contributed by atoms with E-state index in [0.717, 1.165) is 43.7 Å². The number of hydrogen-bond donors (Lipinski definition) is 2. The number of allylic oxidation sites excluding steroid dienone is 2. The Morgan fingerprint density at radius 1 is 1.24 bits per heavy atom. The Balaban J connectivity index is 1.73. The van der Waals surface area contributed by atoms with Gasteiger partial charge in [0, 0.05) is 32.6 Å². The largest absolute Gasteiger partial charge is 0.508 e. The van der Waals surface area contributed by atoms with Gasteiger partial charge in [-0.05, 0) is 42.7 Å². The summed E-state index contributed by atoms with van der Waals surface area (Å²) in [4.78, 5) is 15.6. The lowest BCUT2D eigenvalue weighted by atomic mass is 9.91. The fourth-order valence-electron chi connectivity index (χ4n) is 4.16. The van der Waals surface area contributed by atoms with Gasteiger partial charge in [0.15, 0.2) is 0 Å². The van der Waals surface area contributed by atoms with Gasteiger partial charge in [0.1, 0.15) is 17.7 Å². The Kier molecular flexibility index (Phi) is 5.43. The van der Waals surface area contributed by atoms with Crippen molar-refractivity contribution in [2.45, 2.75) is 38.4 Å². The summed E-state index contributed by atoms with van der Waals surface area (Å²) in [5.41, 5.74) is 1.53. The minimum atomic E-state index is -0.550. The van der Waals surface area contributed by atoms with Gasteiger partial charge in [-0.3, -0.25) is 9.47 Å². The SMILES string of the molecule is CCC(C)n1ncn(C2(N3CCNCC3)C=CC(c3ccc(O)cc3)=CC2)c1=O. The number of rotatable bonds is 5. The van der Waals surface area contributed by atoms with E-state index in [0.29, 0.717) is 6.42 Å². The van der Waals surface area contributed by atoms with Crippen molar-refractivity contribution in [2.24, 2.45) is 0 Å². The molecule has 1 aromatic heterocycles. The maximum absolute atomic E-state index is 13.2. The molecule has 1 fully saturated rings. The number of phenols is 1. The lowest BCUT2D eigenvalue weighted by Crippen LogP contribution is -2.58. The summed E-state index contributed by atoms with van der Waals surface area (Å²) in [6, 6.07) is 7.29. The van der Waals surface area contributed by atoms with Gasteiger partial charge >= 0.3 is 5.69 Å². The lowest BCUT2D eigenvalue weighted by molar-refractivity contribution is 0.0481. The molecule has 1 saturated heterocycles. The van der Waals surface area contributed by atoms with Crippen LogP contribution in [0.3, 0.4) is 0 Å². The predicted octanol–water partition coefficient (Wildman–Crippen LogP) is 2.32. The molecule has 0 bridgehead atoms. The minimum absolute atomic E-state index is 0.0657. The molecule has 154 valence electrons. The summed E-state index contributed by atoms with van der Waals surface area (Å²) >= 11 is 0. The maximum Gasteiger partial charge on any atom is 0.347 e. The van der Waals surface area contributed by atoms with Gasteiger partial charge in [-0.2, -0.15) is 5.10 Å². The van der Waals surface area contributed by atoms with Crippen molar-refractivity contribution in [1.82, 2.24) is 24.6 Å². The van der Waals surface area contributed by atoms with Crippen molar-refractivity contribution in [3.05, 3.63) is 64.9 Å². The monoisotopic (exact) mass is 395 g/mol. The van der Waals surface area contributed by atoms with Gasteiger partial charge in [-0.25, -0.2) is 9.48 Å². The molecular formula is C22H29N5O2. The predicted molar refractivity (Wildman–Crippen MR) is 114 cm³/mol. The van der Waals surface area contributed by atoms with Crippen molar-refractivity contribution in [2.75, 3.05) is 26.2 Å². The molecule has 2 aromatic rings. The Hall–Kier alpha value is -2.64. The van der Waals surface area contributed by atoms with Crippen molar-refractivity contribution in [1.29, 1.82) is 0 Å². The standard InChI is InChI=1S/C22H29N5O2/c1-3-17(2)27-21(29)26(16-24-27)22(25-14-12-23-13-15-25)10-8-19(9-11-22)18-4-6-20(28)7-5-18/h4-10,16-17,23,28H,3,11-15H2,1-2H3. The molecule has 2 atom stereocenters. The number of aromatic nitrogens is 3. The van der Waals surface area contributed by atoms with Crippen molar-refractivity contribution in [3.63, 3.8) is 0 Å². The fourth-order valence-corrected chi connectivity index (χ4v) is 4.16. The first-order valence-corrected chi connectivity index (χ1v) is 10.4. The highest BCUT2D eigenvalue weighted by atomic mass is 16.3. The van der Waals surface area contributed by atoms with Crippen LogP contribution in [0.1, 0.15) is 38.3 Å². The van der Waals surface area contributed by atoms with Crippen LogP contribution in [0, 0.1) is 0 Å². The number of piperazine rings is 1. The van der Waals surface area contributed by atoms with Crippen molar-refractivity contribution < 1.29 is 5.11 Å². The van der Waals surface area contributed by atoms with E-state index in [4.69, 9.17) is 0 Å². The van der Waals surface area contributed by atoms with Crippen molar-refractivity contribution >= 4 is 5.57 Å². The molecule has 4 rings (SSSR count). The summed E-state index contributed by atoms with van der Waals surface area (Å²) in [5.74, 6) is 0.258. The van der Waals surface area contributed by atoms with E-state index < -0.39 is 5.66 Å². The highest BCUT2D eigenvalue weighted by molar-refractivity contribution is 5.75. The number of nitrogens with one attached hydrogen (secondary N) is 1. The quantitative estimate of drug-likeness (QED) is 0.813. The molecule has 0 spiro atoms. The molecule has 1 aromatic carbocycles. The van der Waals surface area contributed by atoms with Gasteiger partial charge in [-0.15, -0.1) is 0 Å². The fraction of sp³-hybridized carbons (Fsp3) is 0.455. The Labute approximate surface area is 171 Å². The molecule has 2 unspecified atom stereocenters. The van der Waals surface area contributed by atoms with Gasteiger partial charge in [0.2, 0.25) is 0 Å². The molecule has 2 heterocycles. The van der Waals surface area contributed by atoms with E-state index in [9.17, 15) is 9.90 Å². The summed E-state index contributed by atoms with van der Waals surface area (Å²) in [5, 5.41) is 17.4. The van der Waals surface area contributed by atoms with Gasteiger partial charge in [0.25, 0.3) is 0 Å². The molecule has 29 heavy (non-hydrogen) atoms. The normalized spacial score (nSPS) is 23.7. The van der Waals surface area contributed by atoms with Crippen LogP contribution in [-0.2, 0) is 5.66 Å². The molecule has 1 aliphatic heterocycles. The third-order valence-electron chi connectivity index (χ3n) is 6.14. The first-order chi connectivity index (χ1) is 14.0. The average molecular weight is 396 g/mol. The molecular weight excluding hydrogens is 366 g/mol. The summed E-state index contributed by atoms with van der Waals surface area (Å²) < 4.78 is 3.39. The zero-order valence-corrected chi connectivity index (χ0v) is 17.1. The first-order valence-electron chi connectivity index (χ1n) is 10.4. The summed E-state index contributed by atoms with van der Waals surface area (Å²) in [6.45, 7) is 7.63. The highest BCUT2D eigenvalue weighted by Crippen LogP contribution is 2.35. The Morgan fingerprint density at radius 3 is 2.59 bits per heavy atom. The number of aromatic hydroxyl groups is 1. The van der Waals surface area contributed by atoms with Crippen LogP contribution in [0.25, 0.3) is 5.57 Å². The van der Waals surface area contributed by atoms with Crippen LogP contribution < -0.4 is 11.0 Å². The molecule has 1 aliphatic carbocycles. The number of phenolic OH excluding ortho intramolecular Hbond substituents is 1. The van der Waals surface area contributed by atoms with E-state index in [1.54, 1.807) is 27.7 Å². The third kappa shape index (κ3) is 3.56. The Bertz CT molecular complexity index is 966. The zero-order chi connectivity index (χ0) is 20.4. The van der Waals surface area contributed by atoms with E-state index >= 15 is 0 Å². The van der Waals surface area contributed by atoms with Crippen LogP contribution >= 0.6 is 0 Å². The van der Waals surface area contributed by atoms with Crippen LogP contribution in [0.5, 0.6) is 5.75 Å². The maximum atomic E-state index is 13.2. The summed E-state index contributed by atoms with van der Waals surface area (Å²) in [7, 11) is 0. The van der Waals surface area contributed by atoms with E-state index in [1.165, 1.54) is 0 Å². The van der Waals surface area contributed by atoms with Crippen LogP contribution in [0.2, 0.25) is 0 Å². The molecule has 7 nitrogen and oxygen atoms in total. The highest BCUT2D eigenvalue weighted by Gasteiger charge is 2.39. The second-order valence-corrected chi connectivity index (χ2v) is 7.84. The second-order valence-electron chi connectivity index (χ2n) is 7.84. The topological polar surface area (TPSA) is 75.3 Å². The van der Waals surface area contributed by atoms with E-state index in [2.05, 4.69) is 40.5 Å². The smallest absolute Gasteiger partial charge is 0.347 e. The van der Waals surface area contributed by atoms with Gasteiger partial charge in [0.05, 0.1) is 6.04 Å². The van der Waals surface area contributed by atoms with Gasteiger partial charge < -0.3 is 10.4 Å². The molecule has 2 aliphatic rings. The molecule has 0 radical (unpaired) electrons. The number of benzene rings is 1. The summed E-state index contributed by atoms with van der Waals surface area (Å²) in [6.07, 6.45) is 9.65. The molecule has 0 saturated carbocycles. The Morgan fingerprint density at radius 2 is 1.97 bits per heavy atom. The van der Waals surface area contributed by atoms with Crippen LogP contribution in [0.15, 0.2) is 53.6 Å². The van der Waals surface area contributed by atoms with Crippen LogP contribution in [-0.4, -0.2) is 50.5 Å². The number of hydrogen-bond acceptors (Lipinski definition) is 5. The average Bonchev–Trinajstić information content (AvgIpc) is 3.16. The van der Waals surface area contributed by atoms with Crippen molar-refractivity contribution in [3.8, 4) is 5.75 Å².